The van der Waals surface area contributed by atoms with Crippen LogP contribution < -0.4 is 0 Å². The monoisotopic (exact) mass is 466 g/mol. The maximum Gasteiger partial charge on any atom is 0.136 e. The first-order chi connectivity index (χ1) is 14.3. The highest BCUT2D eigenvalue weighted by molar-refractivity contribution is 8.00. The van der Waals surface area contributed by atoms with Gasteiger partial charge < -0.3 is 50.3 Å². The third-order valence-electron chi connectivity index (χ3n) is 5.01. The van der Waals surface area contributed by atoms with Crippen LogP contribution in [0.5, 0.6) is 0 Å². The van der Waals surface area contributed by atoms with Crippen LogP contribution in [0.25, 0.3) is 0 Å². The lowest BCUT2D eigenvalue weighted by atomic mass is 10.0. The van der Waals surface area contributed by atoms with Crippen LogP contribution in [0.4, 0.5) is 0 Å². The van der Waals surface area contributed by atoms with Crippen molar-refractivity contribution in [3.05, 3.63) is 24.3 Å². The Bertz CT molecular complexity index is 639. The lowest BCUT2D eigenvalue weighted by Gasteiger charge is -2.40. The summed E-state index contributed by atoms with van der Waals surface area (Å²) in [5.74, 6) is 0. The summed E-state index contributed by atoms with van der Waals surface area (Å²) in [5, 5.41) is 78.6. The molecule has 30 heavy (non-hydrogen) atoms. The van der Waals surface area contributed by atoms with Gasteiger partial charge in [-0.3, -0.25) is 0 Å². The van der Waals surface area contributed by atoms with Gasteiger partial charge in [-0.1, -0.05) is 29.6 Å². The van der Waals surface area contributed by atoms with Gasteiger partial charge in [0, 0.05) is 9.79 Å². The van der Waals surface area contributed by atoms with Crippen molar-refractivity contribution in [2.45, 2.75) is 69.5 Å². The third kappa shape index (κ3) is 5.11. The number of hydrogen-bond acceptors (Lipinski definition) is 12. The summed E-state index contributed by atoms with van der Waals surface area (Å²) in [6.45, 7) is -1.04. The number of aliphatic hydroxyl groups is 8. The van der Waals surface area contributed by atoms with Gasteiger partial charge in [-0.15, -0.1) is 0 Å². The molecule has 0 radical (unpaired) electrons. The predicted molar refractivity (Wildman–Crippen MR) is 106 cm³/mol. The van der Waals surface area contributed by atoms with Crippen molar-refractivity contribution in [3.8, 4) is 0 Å². The zero-order chi connectivity index (χ0) is 22.0. The summed E-state index contributed by atoms with van der Waals surface area (Å²) in [5.41, 5.74) is -1.87. The van der Waals surface area contributed by atoms with Crippen LogP contribution in [0.3, 0.4) is 0 Å². The molecule has 0 amide bonds. The molecule has 10 atom stereocenters. The molecule has 0 aromatic heterocycles. The summed E-state index contributed by atoms with van der Waals surface area (Å²) in [6, 6.07) is 6.86. The molecule has 2 saturated heterocycles. The number of aliphatic hydroxyl groups excluding tert-OH is 8. The minimum Gasteiger partial charge on any atom is -0.394 e. The van der Waals surface area contributed by atoms with Crippen molar-refractivity contribution in [2.75, 3.05) is 13.2 Å². The molecule has 0 aliphatic carbocycles. The van der Waals surface area contributed by atoms with Crippen LogP contribution in [0.15, 0.2) is 34.1 Å². The van der Waals surface area contributed by atoms with Crippen LogP contribution in [-0.2, 0) is 9.47 Å². The minimum atomic E-state index is -1.47. The van der Waals surface area contributed by atoms with E-state index in [1.165, 1.54) is 0 Å². The molecule has 170 valence electrons. The van der Waals surface area contributed by atoms with E-state index in [0.29, 0.717) is 9.79 Å². The lowest BCUT2D eigenvalue weighted by Crippen LogP contribution is -2.57. The Morgan fingerprint density at radius 3 is 1.40 bits per heavy atom. The van der Waals surface area contributed by atoms with Gasteiger partial charge in [-0.25, -0.2) is 0 Å². The van der Waals surface area contributed by atoms with Gasteiger partial charge in [0.15, 0.2) is 0 Å². The average Bonchev–Trinajstić information content (AvgIpc) is 2.74. The number of benzene rings is 1. The van der Waals surface area contributed by atoms with Crippen molar-refractivity contribution in [1.29, 1.82) is 0 Å². The molecule has 8 N–H and O–H groups in total. The fraction of sp³-hybridized carbons (Fsp3) is 0.667. The van der Waals surface area contributed by atoms with E-state index < -0.39 is 72.9 Å². The highest BCUT2D eigenvalue weighted by atomic mass is 32.2. The molecule has 0 unspecified atom stereocenters. The van der Waals surface area contributed by atoms with E-state index >= 15 is 0 Å². The molecule has 2 aliphatic heterocycles. The van der Waals surface area contributed by atoms with Gasteiger partial charge in [-0.2, -0.15) is 0 Å². The highest BCUT2D eigenvalue weighted by Crippen LogP contribution is 2.37. The van der Waals surface area contributed by atoms with E-state index in [0.717, 1.165) is 23.5 Å². The molecule has 10 nitrogen and oxygen atoms in total. The number of hydrogen-bond donors (Lipinski definition) is 8. The molecular weight excluding hydrogens is 440 g/mol. The van der Waals surface area contributed by atoms with E-state index in [4.69, 9.17) is 9.47 Å². The van der Waals surface area contributed by atoms with Gasteiger partial charge >= 0.3 is 0 Å². The standard InChI is InChI=1S/C18H26O10S2/c19-5-9-11(21)13(23)15(25)17(27-9)29-7-2-1-3-8(4-7)30-18-16(26)14(24)12(22)10(6-20)28-18/h1-4,9-26H,5-6H2/t9-,10-,11-,12-,13+,14+,15-,16-,17+,18+/m1/s1. The van der Waals surface area contributed by atoms with Crippen LogP contribution in [-0.4, -0.2) is 114 Å². The summed E-state index contributed by atoms with van der Waals surface area (Å²) in [7, 11) is 0. The molecule has 0 spiro atoms. The van der Waals surface area contributed by atoms with Crippen molar-refractivity contribution >= 4 is 23.5 Å². The molecule has 0 bridgehead atoms. The van der Waals surface area contributed by atoms with Crippen LogP contribution in [0.2, 0.25) is 0 Å². The van der Waals surface area contributed by atoms with Crippen molar-refractivity contribution < 1.29 is 50.3 Å². The van der Waals surface area contributed by atoms with E-state index in [-0.39, 0.29) is 0 Å². The Labute approximate surface area is 181 Å². The van der Waals surface area contributed by atoms with Crippen LogP contribution >= 0.6 is 23.5 Å². The minimum absolute atomic E-state index is 0.519. The van der Waals surface area contributed by atoms with E-state index in [1.54, 1.807) is 24.3 Å². The number of thioether (sulfide) groups is 2. The number of ether oxygens (including phenoxy) is 2. The van der Waals surface area contributed by atoms with Gasteiger partial charge in [0.25, 0.3) is 0 Å². The molecule has 1 aromatic carbocycles. The number of rotatable bonds is 6. The first-order valence-corrected chi connectivity index (χ1v) is 11.1. The normalized spacial score (nSPS) is 42.3. The Morgan fingerprint density at radius 2 is 1.03 bits per heavy atom. The van der Waals surface area contributed by atoms with Crippen molar-refractivity contribution in [3.63, 3.8) is 0 Å². The Kier molecular flexibility index (Phi) is 8.40. The maximum atomic E-state index is 10.2. The molecule has 0 saturated carbocycles. The van der Waals surface area contributed by atoms with Crippen molar-refractivity contribution in [1.82, 2.24) is 0 Å². The van der Waals surface area contributed by atoms with Gasteiger partial charge in [-0.05, 0) is 18.2 Å². The Hall–Kier alpha value is -0.480. The van der Waals surface area contributed by atoms with Gasteiger partial charge in [0.1, 0.15) is 59.7 Å². The molecule has 2 fully saturated rings. The third-order valence-corrected chi connectivity index (χ3v) is 7.30. The fourth-order valence-electron chi connectivity index (χ4n) is 3.22. The summed E-state index contributed by atoms with van der Waals surface area (Å²) >= 11 is 2.16. The first-order valence-electron chi connectivity index (χ1n) is 9.31. The van der Waals surface area contributed by atoms with Crippen LogP contribution in [0, 0.1) is 0 Å². The first kappa shape index (κ1) is 24.2. The maximum absolute atomic E-state index is 10.2. The second-order valence-electron chi connectivity index (χ2n) is 7.11. The SMILES string of the molecule is OC[C@H]1O[C@@H](Sc2cccc(S[C@@H]3O[C@H](CO)[C@@H](O)[C@H](O)[C@H]3O)c2)[C@H](O)[C@@H](O)[C@@H]1O. The zero-order valence-corrected chi connectivity index (χ0v) is 17.3. The topological polar surface area (TPSA) is 180 Å². The largest absolute Gasteiger partial charge is 0.394 e. The zero-order valence-electron chi connectivity index (χ0n) is 15.7. The molecular formula is C18H26O10S2. The Balaban J connectivity index is 1.69. The molecule has 2 aliphatic rings. The highest BCUT2D eigenvalue weighted by Gasteiger charge is 2.45. The Morgan fingerprint density at radius 1 is 0.633 bits per heavy atom. The molecule has 1 aromatic rings. The van der Waals surface area contributed by atoms with E-state index in [9.17, 15) is 40.9 Å². The van der Waals surface area contributed by atoms with E-state index in [2.05, 4.69) is 0 Å². The lowest BCUT2D eigenvalue weighted by molar-refractivity contribution is -0.205. The summed E-state index contributed by atoms with van der Waals surface area (Å²) in [4.78, 5) is 1.27. The van der Waals surface area contributed by atoms with Gasteiger partial charge in [0.2, 0.25) is 0 Å². The molecule has 3 rings (SSSR count). The summed E-state index contributed by atoms with van der Waals surface area (Å²) in [6.07, 6.45) is -10.6. The second kappa shape index (κ2) is 10.4. The smallest absolute Gasteiger partial charge is 0.136 e. The average molecular weight is 467 g/mol. The predicted octanol–water partition coefficient (Wildman–Crippen LogP) is -2.53. The second-order valence-corrected chi connectivity index (χ2v) is 9.45. The summed E-state index contributed by atoms with van der Waals surface area (Å²) < 4.78 is 11.0. The molecule has 2 heterocycles. The van der Waals surface area contributed by atoms with Crippen molar-refractivity contribution in [2.24, 2.45) is 0 Å². The van der Waals surface area contributed by atoms with Gasteiger partial charge in [0.05, 0.1) is 13.2 Å². The quantitative estimate of drug-likeness (QED) is 0.221. The molecule has 12 heteroatoms. The fourth-order valence-corrected chi connectivity index (χ4v) is 5.53. The van der Waals surface area contributed by atoms with Crippen LogP contribution in [0.1, 0.15) is 0 Å². The van der Waals surface area contributed by atoms with E-state index in [1.807, 2.05) is 0 Å².